The van der Waals surface area contributed by atoms with Gasteiger partial charge in [-0.1, -0.05) is 72.4 Å². The molecule has 196 valence electrons. The van der Waals surface area contributed by atoms with Gasteiger partial charge in [-0.05, 0) is 55.5 Å². The predicted molar refractivity (Wildman–Crippen MR) is 147 cm³/mol. The van der Waals surface area contributed by atoms with Crippen molar-refractivity contribution in [2.45, 2.75) is 64.0 Å². The average molecular weight is 579 g/mol. The van der Waals surface area contributed by atoms with Crippen molar-refractivity contribution < 1.29 is 18.0 Å². The van der Waals surface area contributed by atoms with Crippen LogP contribution in [0, 0.1) is 0 Å². The number of nitrogens with one attached hydrogen (secondary N) is 1. The number of halogens is 1. The van der Waals surface area contributed by atoms with Crippen LogP contribution < -0.4 is 9.62 Å². The number of rotatable bonds is 11. The average Bonchev–Trinajstić information content (AvgIpc) is 2.86. The van der Waals surface area contributed by atoms with E-state index in [-0.39, 0.29) is 18.5 Å². The maximum absolute atomic E-state index is 13.7. The van der Waals surface area contributed by atoms with Gasteiger partial charge in [0.1, 0.15) is 12.6 Å². The van der Waals surface area contributed by atoms with Crippen molar-refractivity contribution in [2.75, 3.05) is 23.7 Å². The second-order valence-corrected chi connectivity index (χ2v) is 12.2. The molecule has 0 bridgehead atoms. The molecule has 1 atom stereocenters. The van der Waals surface area contributed by atoms with Crippen LogP contribution in [0.25, 0.3) is 0 Å². The predicted octanol–water partition coefficient (Wildman–Crippen LogP) is 4.51. The third-order valence-corrected chi connectivity index (χ3v) is 8.28. The number of nitrogens with zero attached hydrogens (tertiary/aromatic N) is 2. The van der Waals surface area contributed by atoms with E-state index in [1.807, 2.05) is 37.3 Å². The fourth-order valence-corrected chi connectivity index (χ4v) is 5.78. The van der Waals surface area contributed by atoms with Gasteiger partial charge in [0, 0.05) is 17.1 Å². The summed E-state index contributed by atoms with van der Waals surface area (Å²) in [5.74, 6) is -0.565. The van der Waals surface area contributed by atoms with Gasteiger partial charge in [0.05, 0.1) is 11.9 Å². The van der Waals surface area contributed by atoms with Crippen LogP contribution in [0.2, 0.25) is 0 Å². The molecule has 0 spiro atoms. The zero-order valence-electron chi connectivity index (χ0n) is 21.0. The molecule has 0 unspecified atom stereocenters. The van der Waals surface area contributed by atoms with E-state index in [0.29, 0.717) is 25.1 Å². The van der Waals surface area contributed by atoms with E-state index in [1.54, 1.807) is 29.2 Å². The normalized spacial score (nSPS) is 15.2. The number of amides is 2. The van der Waals surface area contributed by atoms with Crippen molar-refractivity contribution in [3.05, 3.63) is 64.6 Å². The number of hydrogen-bond donors (Lipinski definition) is 1. The monoisotopic (exact) mass is 577 g/mol. The molecular formula is C27H36BrN3O4S. The molecule has 9 heteroatoms. The molecule has 3 rings (SSSR count). The Hall–Kier alpha value is -2.39. The van der Waals surface area contributed by atoms with E-state index in [0.717, 1.165) is 46.3 Å². The molecule has 36 heavy (non-hydrogen) atoms. The Kier molecular flexibility index (Phi) is 10.4. The van der Waals surface area contributed by atoms with Crippen molar-refractivity contribution in [2.24, 2.45) is 0 Å². The van der Waals surface area contributed by atoms with Gasteiger partial charge < -0.3 is 10.2 Å². The lowest BCUT2D eigenvalue weighted by Gasteiger charge is -2.34. The van der Waals surface area contributed by atoms with E-state index >= 15 is 0 Å². The summed E-state index contributed by atoms with van der Waals surface area (Å²) in [6, 6.07) is 16.0. The van der Waals surface area contributed by atoms with E-state index in [2.05, 4.69) is 21.2 Å². The number of hydrogen-bond acceptors (Lipinski definition) is 4. The van der Waals surface area contributed by atoms with Crippen LogP contribution in [0.3, 0.4) is 0 Å². The molecule has 0 aliphatic heterocycles. The van der Waals surface area contributed by atoms with Gasteiger partial charge in [0.15, 0.2) is 0 Å². The lowest BCUT2D eigenvalue weighted by molar-refractivity contribution is -0.140. The summed E-state index contributed by atoms with van der Waals surface area (Å²) >= 11 is 3.36. The highest BCUT2D eigenvalue weighted by atomic mass is 79.9. The third kappa shape index (κ3) is 8.06. The topological polar surface area (TPSA) is 86.8 Å². The van der Waals surface area contributed by atoms with Crippen LogP contribution in [0.5, 0.6) is 0 Å². The molecule has 1 N–H and O–H groups in total. The molecule has 1 fully saturated rings. The summed E-state index contributed by atoms with van der Waals surface area (Å²) in [5.41, 5.74) is 1.45. The fourth-order valence-electron chi connectivity index (χ4n) is 4.66. The minimum atomic E-state index is -3.73. The summed E-state index contributed by atoms with van der Waals surface area (Å²) in [7, 11) is -3.73. The van der Waals surface area contributed by atoms with E-state index in [1.165, 1.54) is 6.42 Å². The zero-order valence-corrected chi connectivity index (χ0v) is 23.4. The van der Waals surface area contributed by atoms with Gasteiger partial charge in [-0.15, -0.1) is 0 Å². The summed E-state index contributed by atoms with van der Waals surface area (Å²) in [6.07, 6.45) is 7.36. The molecule has 0 saturated heterocycles. The standard InChI is InChI=1S/C27H36BrN3O4S/c1-3-25(27(33)29-23-12-8-5-9-13-23)30(19-18-21-10-6-4-7-11-21)26(32)20-31(36(2,34)35)24-16-14-22(28)15-17-24/h4,6-7,10-11,14-17,23,25H,3,5,8-9,12-13,18-20H2,1-2H3,(H,29,33)/t25-/m0/s1. The molecule has 1 aliphatic carbocycles. The van der Waals surface area contributed by atoms with Gasteiger partial charge in [-0.3, -0.25) is 13.9 Å². The first-order chi connectivity index (χ1) is 17.2. The lowest BCUT2D eigenvalue weighted by Crippen LogP contribution is -2.54. The Balaban J connectivity index is 1.84. The fraction of sp³-hybridized carbons (Fsp3) is 0.481. The lowest BCUT2D eigenvalue weighted by atomic mass is 9.95. The van der Waals surface area contributed by atoms with Gasteiger partial charge in [-0.2, -0.15) is 0 Å². The SMILES string of the molecule is CC[C@@H](C(=O)NC1CCCCC1)N(CCc1ccccc1)C(=O)CN(c1ccc(Br)cc1)S(C)(=O)=O. The maximum atomic E-state index is 13.7. The second kappa shape index (κ2) is 13.2. The van der Waals surface area contributed by atoms with Gasteiger partial charge in [0.2, 0.25) is 21.8 Å². The Morgan fingerprint density at radius 2 is 1.67 bits per heavy atom. The summed E-state index contributed by atoms with van der Waals surface area (Å²) in [4.78, 5) is 28.6. The summed E-state index contributed by atoms with van der Waals surface area (Å²) in [6.45, 7) is 1.83. The zero-order chi connectivity index (χ0) is 26.1. The second-order valence-electron chi connectivity index (χ2n) is 9.34. The first kappa shape index (κ1) is 28.2. The highest BCUT2D eigenvalue weighted by Crippen LogP contribution is 2.22. The van der Waals surface area contributed by atoms with Crippen LogP contribution in [0.15, 0.2) is 59.1 Å². The highest BCUT2D eigenvalue weighted by molar-refractivity contribution is 9.10. The minimum Gasteiger partial charge on any atom is -0.352 e. The van der Waals surface area contributed by atoms with Crippen molar-refractivity contribution in [3.8, 4) is 0 Å². The van der Waals surface area contributed by atoms with Crippen LogP contribution in [-0.4, -0.2) is 56.6 Å². The Morgan fingerprint density at radius 3 is 2.25 bits per heavy atom. The van der Waals surface area contributed by atoms with Crippen LogP contribution in [-0.2, 0) is 26.0 Å². The molecule has 2 aromatic carbocycles. The van der Waals surface area contributed by atoms with Crippen molar-refractivity contribution in [3.63, 3.8) is 0 Å². The van der Waals surface area contributed by atoms with Crippen molar-refractivity contribution in [1.82, 2.24) is 10.2 Å². The van der Waals surface area contributed by atoms with Gasteiger partial charge >= 0.3 is 0 Å². The molecule has 0 heterocycles. The van der Waals surface area contributed by atoms with E-state index in [4.69, 9.17) is 0 Å². The Bertz CT molecular complexity index is 1100. The molecule has 1 saturated carbocycles. The largest absolute Gasteiger partial charge is 0.352 e. The van der Waals surface area contributed by atoms with Crippen molar-refractivity contribution in [1.29, 1.82) is 0 Å². The van der Waals surface area contributed by atoms with Gasteiger partial charge in [0.25, 0.3) is 0 Å². The van der Waals surface area contributed by atoms with Crippen LogP contribution >= 0.6 is 15.9 Å². The number of carbonyl (C=O) groups excluding carboxylic acids is 2. The number of carbonyl (C=O) groups is 2. The van der Waals surface area contributed by atoms with E-state index < -0.39 is 22.0 Å². The number of anilines is 1. The van der Waals surface area contributed by atoms with Crippen LogP contribution in [0.4, 0.5) is 5.69 Å². The smallest absolute Gasteiger partial charge is 0.244 e. The third-order valence-electron chi connectivity index (χ3n) is 6.62. The first-order valence-electron chi connectivity index (χ1n) is 12.6. The molecule has 2 aromatic rings. The van der Waals surface area contributed by atoms with E-state index in [9.17, 15) is 18.0 Å². The highest BCUT2D eigenvalue weighted by Gasteiger charge is 2.32. The minimum absolute atomic E-state index is 0.127. The quantitative estimate of drug-likeness (QED) is 0.425. The van der Waals surface area contributed by atoms with Crippen LogP contribution in [0.1, 0.15) is 51.0 Å². The summed E-state index contributed by atoms with van der Waals surface area (Å²) in [5, 5.41) is 3.15. The molecule has 0 aromatic heterocycles. The maximum Gasteiger partial charge on any atom is 0.244 e. The molecule has 2 amide bonds. The van der Waals surface area contributed by atoms with Gasteiger partial charge in [-0.25, -0.2) is 8.42 Å². The summed E-state index contributed by atoms with van der Waals surface area (Å²) < 4.78 is 27.2. The molecule has 1 aliphatic rings. The van der Waals surface area contributed by atoms with Crippen molar-refractivity contribution >= 4 is 43.5 Å². The molecule has 0 radical (unpaired) electrons. The Labute approximate surface area is 223 Å². The molecule has 7 nitrogen and oxygen atoms in total. The first-order valence-corrected chi connectivity index (χ1v) is 15.2. The Morgan fingerprint density at radius 1 is 1.03 bits per heavy atom. The number of benzene rings is 2. The molecular weight excluding hydrogens is 542 g/mol. The number of sulfonamides is 1.